The van der Waals surface area contributed by atoms with Gasteiger partial charge in [-0.25, -0.2) is 9.97 Å². The largest absolute Gasteiger partial charge is 0.456 e. The van der Waals surface area contributed by atoms with E-state index in [0.717, 1.165) is 55.7 Å². The summed E-state index contributed by atoms with van der Waals surface area (Å²) < 4.78 is 11.1. The molecule has 5 heteroatoms. The van der Waals surface area contributed by atoms with Crippen LogP contribution in [0.15, 0.2) is 192 Å². The summed E-state index contributed by atoms with van der Waals surface area (Å²) in [5, 5.41) is 7.12. The highest BCUT2D eigenvalue weighted by molar-refractivity contribution is 7.26. The lowest BCUT2D eigenvalue weighted by molar-refractivity contribution is 0.669. The second-order valence-electron chi connectivity index (χ2n) is 14.5. The van der Waals surface area contributed by atoms with Crippen LogP contribution < -0.4 is 0 Å². The summed E-state index contributed by atoms with van der Waals surface area (Å²) in [7, 11) is 0. The van der Waals surface area contributed by atoms with Crippen LogP contribution in [0.4, 0.5) is 0 Å². The van der Waals surface area contributed by atoms with Crippen LogP contribution >= 0.6 is 11.3 Å². The van der Waals surface area contributed by atoms with Gasteiger partial charge in [-0.3, -0.25) is 0 Å². The van der Waals surface area contributed by atoms with Gasteiger partial charge in [0.2, 0.25) is 0 Å². The van der Waals surface area contributed by atoms with E-state index in [4.69, 9.17) is 14.4 Å². The number of furan rings is 1. The number of rotatable bonds is 5. The second kappa shape index (κ2) is 12.6. The van der Waals surface area contributed by atoms with Crippen LogP contribution in [0.2, 0.25) is 0 Å². The number of thiophene rings is 1. The zero-order chi connectivity index (χ0) is 37.5. The maximum Gasteiger partial charge on any atom is 0.160 e. The summed E-state index contributed by atoms with van der Waals surface area (Å²) in [5.74, 6) is 0.663. The van der Waals surface area contributed by atoms with Gasteiger partial charge in [-0.15, -0.1) is 11.3 Å². The van der Waals surface area contributed by atoms with E-state index in [-0.39, 0.29) is 0 Å². The van der Waals surface area contributed by atoms with Crippen molar-refractivity contribution in [1.29, 1.82) is 0 Å². The highest BCUT2D eigenvalue weighted by atomic mass is 32.1. The molecule has 0 saturated heterocycles. The molecule has 0 amide bonds. The lowest BCUT2D eigenvalue weighted by atomic mass is 9.99. The van der Waals surface area contributed by atoms with Gasteiger partial charge >= 0.3 is 0 Å². The van der Waals surface area contributed by atoms with Crippen molar-refractivity contribution in [1.82, 2.24) is 14.5 Å². The van der Waals surface area contributed by atoms with Crippen LogP contribution in [0.3, 0.4) is 0 Å². The number of benzene rings is 8. The molecule has 0 radical (unpaired) electrons. The quantitative estimate of drug-likeness (QED) is 0.176. The Kier molecular flexibility index (Phi) is 7.06. The van der Waals surface area contributed by atoms with Crippen molar-refractivity contribution in [3.63, 3.8) is 0 Å². The highest BCUT2D eigenvalue weighted by Gasteiger charge is 2.18. The molecule has 0 aliphatic carbocycles. The van der Waals surface area contributed by atoms with Crippen LogP contribution in [0.5, 0.6) is 0 Å². The zero-order valence-corrected chi connectivity index (χ0v) is 31.4. The summed E-state index contributed by atoms with van der Waals surface area (Å²) in [4.78, 5) is 10.4. The Morgan fingerprint density at radius 1 is 0.404 bits per heavy atom. The molecular weight excluding hydrogens is 715 g/mol. The number of fused-ring (bicyclic) bond motifs is 9. The zero-order valence-electron chi connectivity index (χ0n) is 30.6. The van der Waals surface area contributed by atoms with Crippen molar-refractivity contribution in [2.75, 3.05) is 0 Å². The molecule has 0 aliphatic rings. The van der Waals surface area contributed by atoms with Gasteiger partial charge in [0.05, 0.1) is 22.4 Å². The first-order valence-corrected chi connectivity index (χ1v) is 20.0. The summed E-state index contributed by atoms with van der Waals surface area (Å²) in [6, 6.07) is 66.7. The van der Waals surface area contributed by atoms with Gasteiger partial charge in [0.1, 0.15) is 11.2 Å². The smallest absolute Gasteiger partial charge is 0.160 e. The molecule has 0 unspecified atom stereocenters. The summed E-state index contributed by atoms with van der Waals surface area (Å²) in [6.45, 7) is 0. The third kappa shape index (κ3) is 5.13. The highest BCUT2D eigenvalue weighted by Crippen LogP contribution is 2.43. The molecule has 0 bridgehead atoms. The topological polar surface area (TPSA) is 43.9 Å². The maximum absolute atomic E-state index is 6.29. The standard InChI is InChI=1S/C52H31N3OS/c1-3-12-32(13-4-1)43-31-44(54-52(53-43)35-23-25-39-38-17-8-10-20-47(38)56-48(39)29-35)40-18-11-21-49-51(40)41-26-22-34(30-50(41)57-49)33-24-27-46-42(28-33)37-16-7-9-19-45(37)55(46)36-14-5-2-6-15-36/h1-31H. The SMILES string of the molecule is c1ccc(-c2cc(-c3cccc4sc5cc(-c6ccc7c(c6)c6ccccc6n7-c6ccccc6)ccc5c34)nc(-c3ccc4c(c3)oc3ccccc34)n2)cc1. The van der Waals surface area contributed by atoms with Crippen LogP contribution in [-0.4, -0.2) is 14.5 Å². The van der Waals surface area contributed by atoms with Gasteiger partial charge in [0, 0.05) is 64.1 Å². The lowest BCUT2D eigenvalue weighted by Gasteiger charge is -2.11. The third-order valence-electron chi connectivity index (χ3n) is 11.2. The van der Waals surface area contributed by atoms with Gasteiger partial charge < -0.3 is 8.98 Å². The molecule has 4 nitrogen and oxygen atoms in total. The van der Waals surface area contributed by atoms with Crippen molar-refractivity contribution < 1.29 is 4.42 Å². The van der Waals surface area contributed by atoms with E-state index in [1.807, 2.05) is 35.6 Å². The summed E-state index contributed by atoms with van der Waals surface area (Å²) in [5.41, 5.74) is 12.5. The van der Waals surface area contributed by atoms with Crippen molar-refractivity contribution in [2.24, 2.45) is 0 Å². The molecule has 0 aliphatic heterocycles. The molecular formula is C52H31N3OS. The van der Waals surface area contributed by atoms with Crippen molar-refractivity contribution >= 4 is 75.3 Å². The predicted octanol–water partition coefficient (Wildman–Crippen LogP) is 14.5. The van der Waals surface area contributed by atoms with Crippen LogP contribution in [0.1, 0.15) is 0 Å². The molecule has 4 heterocycles. The predicted molar refractivity (Wildman–Crippen MR) is 238 cm³/mol. The molecule has 12 aromatic rings. The Labute approximate surface area is 331 Å². The number of hydrogen-bond acceptors (Lipinski definition) is 4. The first-order valence-electron chi connectivity index (χ1n) is 19.1. The number of aromatic nitrogens is 3. The van der Waals surface area contributed by atoms with Crippen molar-refractivity contribution in [3.8, 4) is 50.7 Å². The van der Waals surface area contributed by atoms with Crippen molar-refractivity contribution in [2.45, 2.75) is 0 Å². The Balaban J connectivity index is 1.00. The Hall–Kier alpha value is -7.34. The minimum atomic E-state index is 0.663. The molecule has 0 saturated carbocycles. The van der Waals surface area contributed by atoms with E-state index < -0.39 is 0 Å². The van der Waals surface area contributed by atoms with Gasteiger partial charge in [-0.05, 0) is 77.9 Å². The first kappa shape index (κ1) is 32.0. The molecule has 266 valence electrons. The minimum absolute atomic E-state index is 0.663. The summed E-state index contributed by atoms with van der Waals surface area (Å²) >= 11 is 1.83. The van der Waals surface area contributed by atoms with Crippen molar-refractivity contribution in [3.05, 3.63) is 188 Å². The fourth-order valence-electron chi connectivity index (χ4n) is 8.56. The van der Waals surface area contributed by atoms with Gasteiger partial charge in [-0.1, -0.05) is 121 Å². The molecule has 0 spiro atoms. The molecule has 0 atom stereocenters. The molecule has 57 heavy (non-hydrogen) atoms. The van der Waals surface area contributed by atoms with E-state index in [9.17, 15) is 0 Å². The fraction of sp³-hybridized carbons (Fsp3) is 0. The molecule has 0 fully saturated rings. The van der Waals surface area contributed by atoms with Crippen LogP contribution in [0, 0.1) is 0 Å². The maximum atomic E-state index is 6.29. The van der Waals surface area contributed by atoms with E-state index in [1.54, 1.807) is 0 Å². The molecule has 4 aromatic heterocycles. The van der Waals surface area contributed by atoms with E-state index >= 15 is 0 Å². The average molecular weight is 746 g/mol. The number of hydrogen-bond donors (Lipinski definition) is 0. The van der Waals surface area contributed by atoms with Gasteiger partial charge in [0.25, 0.3) is 0 Å². The minimum Gasteiger partial charge on any atom is -0.456 e. The molecule has 12 rings (SSSR count). The monoisotopic (exact) mass is 745 g/mol. The summed E-state index contributed by atoms with van der Waals surface area (Å²) in [6.07, 6.45) is 0. The first-order chi connectivity index (χ1) is 28.2. The lowest BCUT2D eigenvalue weighted by Crippen LogP contribution is -1.96. The second-order valence-corrected chi connectivity index (χ2v) is 15.6. The normalized spacial score (nSPS) is 11.9. The Morgan fingerprint density at radius 3 is 1.98 bits per heavy atom. The fourth-order valence-corrected chi connectivity index (χ4v) is 9.73. The van der Waals surface area contributed by atoms with E-state index in [0.29, 0.717) is 5.82 Å². The van der Waals surface area contributed by atoms with Crippen LogP contribution in [-0.2, 0) is 0 Å². The van der Waals surface area contributed by atoms with Gasteiger partial charge in [-0.2, -0.15) is 0 Å². The van der Waals surface area contributed by atoms with Crippen LogP contribution in [0.25, 0.3) is 115 Å². The average Bonchev–Trinajstić information content (AvgIpc) is 3.95. The Morgan fingerprint density at radius 2 is 1.09 bits per heavy atom. The van der Waals surface area contributed by atoms with E-state index in [2.05, 4.69) is 168 Å². The number of para-hydroxylation sites is 3. The third-order valence-corrected chi connectivity index (χ3v) is 12.3. The number of nitrogens with zero attached hydrogens (tertiary/aromatic N) is 3. The molecule has 0 N–H and O–H groups in total. The van der Waals surface area contributed by atoms with E-state index in [1.165, 1.54) is 53.1 Å². The van der Waals surface area contributed by atoms with Gasteiger partial charge in [0.15, 0.2) is 5.82 Å². The molecule has 8 aromatic carbocycles. The Bertz CT molecular complexity index is 3520.